The van der Waals surface area contributed by atoms with E-state index in [1.54, 1.807) is 24.1 Å². The number of fused-ring (bicyclic) bond motifs is 1. The molecule has 2 heterocycles. The van der Waals surface area contributed by atoms with Crippen LogP contribution in [-0.2, 0) is 7.05 Å². The second-order valence-electron chi connectivity index (χ2n) is 5.59. The second kappa shape index (κ2) is 5.92. The van der Waals surface area contributed by atoms with E-state index in [2.05, 4.69) is 11.1 Å². The summed E-state index contributed by atoms with van der Waals surface area (Å²) in [7, 11) is 1.79. The number of hydrogen-bond acceptors (Lipinski definition) is 3. The number of nitrogens with zero attached hydrogens (tertiary/aromatic N) is 3. The van der Waals surface area contributed by atoms with Gasteiger partial charge in [-0.05, 0) is 29.3 Å². The van der Waals surface area contributed by atoms with E-state index in [1.807, 2.05) is 47.2 Å². The smallest absolute Gasteiger partial charge is 0.307 e. The maximum atomic E-state index is 11.9. The maximum Gasteiger partial charge on any atom is 0.307 e. The van der Waals surface area contributed by atoms with Crippen LogP contribution in [-0.4, -0.2) is 14.1 Å². The molecule has 0 spiro atoms. The molecule has 4 aromatic rings. The Bertz CT molecular complexity index is 1070. The van der Waals surface area contributed by atoms with E-state index < -0.39 is 0 Å². The molecule has 0 bridgehead atoms. The molecule has 1 unspecified atom stereocenters. The molecule has 0 radical (unpaired) electrons. The van der Waals surface area contributed by atoms with Gasteiger partial charge < -0.3 is 9.13 Å². The van der Waals surface area contributed by atoms with Gasteiger partial charge in [-0.1, -0.05) is 47.2 Å². The molecule has 2 aromatic carbocycles. The van der Waals surface area contributed by atoms with Crippen molar-refractivity contribution < 1.29 is 0 Å². The normalized spacial score (nSPS) is 12.6. The van der Waals surface area contributed by atoms with Crippen LogP contribution in [0.5, 0.6) is 0 Å². The van der Waals surface area contributed by atoms with Gasteiger partial charge in [0, 0.05) is 24.5 Å². The first-order valence-electron chi connectivity index (χ1n) is 7.46. The highest BCUT2D eigenvalue weighted by atomic mass is 35.5. The lowest BCUT2D eigenvalue weighted by Crippen LogP contribution is -2.11. The number of rotatable bonds is 3. The first kappa shape index (κ1) is 15.2. The van der Waals surface area contributed by atoms with Gasteiger partial charge in [-0.2, -0.15) is 0 Å². The number of benzene rings is 2. The van der Waals surface area contributed by atoms with Gasteiger partial charge in [0.05, 0.1) is 22.6 Å². The Hall–Kier alpha value is -2.37. The van der Waals surface area contributed by atoms with Crippen molar-refractivity contribution in [1.29, 1.82) is 0 Å². The molecule has 0 aliphatic carbocycles. The molecule has 0 saturated carbocycles. The van der Waals surface area contributed by atoms with Gasteiger partial charge in [-0.15, -0.1) is 0 Å². The van der Waals surface area contributed by atoms with Crippen molar-refractivity contribution in [1.82, 2.24) is 14.1 Å². The fraction of sp³-hybridized carbons (Fsp3) is 0.111. The summed E-state index contributed by atoms with van der Waals surface area (Å²) in [6.07, 6.45) is 5.46. The molecule has 24 heavy (non-hydrogen) atoms. The summed E-state index contributed by atoms with van der Waals surface area (Å²) in [5.74, 6) is 0. The van der Waals surface area contributed by atoms with Gasteiger partial charge in [0.15, 0.2) is 0 Å². The van der Waals surface area contributed by atoms with E-state index in [9.17, 15) is 4.79 Å². The summed E-state index contributed by atoms with van der Waals surface area (Å²) >= 11 is 7.70. The van der Waals surface area contributed by atoms with Crippen LogP contribution in [0.1, 0.15) is 17.2 Å². The Morgan fingerprint density at radius 2 is 2.04 bits per heavy atom. The average molecular weight is 356 g/mol. The minimum Gasteiger partial charge on any atom is -0.326 e. The lowest BCUT2D eigenvalue weighted by Gasteiger charge is -2.21. The predicted molar refractivity (Wildman–Crippen MR) is 98.0 cm³/mol. The fourth-order valence-corrected chi connectivity index (χ4v) is 4.12. The molecular weight excluding hydrogens is 342 g/mol. The largest absolute Gasteiger partial charge is 0.326 e. The molecule has 1 atom stereocenters. The number of thiazole rings is 1. The van der Waals surface area contributed by atoms with Gasteiger partial charge in [-0.25, -0.2) is 4.98 Å². The minimum atomic E-state index is -0.0897. The van der Waals surface area contributed by atoms with Crippen molar-refractivity contribution in [3.8, 4) is 0 Å². The first-order chi connectivity index (χ1) is 11.6. The van der Waals surface area contributed by atoms with Gasteiger partial charge in [0.25, 0.3) is 0 Å². The minimum absolute atomic E-state index is 0.0408. The van der Waals surface area contributed by atoms with Crippen LogP contribution in [0.3, 0.4) is 0 Å². The quantitative estimate of drug-likeness (QED) is 0.555. The zero-order chi connectivity index (χ0) is 16.7. The van der Waals surface area contributed by atoms with Crippen molar-refractivity contribution in [3.63, 3.8) is 0 Å². The van der Waals surface area contributed by atoms with E-state index >= 15 is 0 Å². The van der Waals surface area contributed by atoms with Crippen molar-refractivity contribution in [2.75, 3.05) is 0 Å². The molecule has 0 saturated heterocycles. The topological polar surface area (TPSA) is 39.8 Å². The third kappa shape index (κ3) is 2.46. The van der Waals surface area contributed by atoms with E-state index in [-0.39, 0.29) is 10.9 Å². The fourth-order valence-electron chi connectivity index (χ4n) is 2.95. The average Bonchev–Trinajstić information content (AvgIpc) is 3.19. The molecule has 0 amide bonds. The number of imidazole rings is 1. The van der Waals surface area contributed by atoms with Crippen LogP contribution >= 0.6 is 22.9 Å². The number of hydrogen-bond donors (Lipinski definition) is 0. The third-order valence-corrected chi connectivity index (χ3v) is 5.49. The van der Waals surface area contributed by atoms with Crippen molar-refractivity contribution in [2.24, 2.45) is 7.05 Å². The molecule has 2 aromatic heterocycles. The summed E-state index contributed by atoms with van der Waals surface area (Å²) in [6, 6.07) is 13.8. The molecule has 0 N–H and O–H groups in total. The number of aromatic nitrogens is 3. The SMILES string of the molecule is Cn1c(=O)sc2cc(C(c3ccccc3Cl)n3ccnc3)ccc21. The van der Waals surface area contributed by atoms with E-state index in [1.165, 1.54) is 11.3 Å². The summed E-state index contributed by atoms with van der Waals surface area (Å²) < 4.78 is 4.66. The van der Waals surface area contributed by atoms with Crippen LogP contribution in [0.15, 0.2) is 66.0 Å². The van der Waals surface area contributed by atoms with E-state index in [0.717, 1.165) is 21.3 Å². The molecule has 4 rings (SSSR count). The summed E-state index contributed by atoms with van der Waals surface area (Å²) in [4.78, 5) is 16.1. The summed E-state index contributed by atoms with van der Waals surface area (Å²) in [5, 5.41) is 0.706. The lowest BCUT2D eigenvalue weighted by molar-refractivity contribution is 0.678. The van der Waals surface area contributed by atoms with Crippen LogP contribution in [0.4, 0.5) is 0 Å². The molecule has 120 valence electrons. The van der Waals surface area contributed by atoms with Crippen molar-refractivity contribution in [3.05, 3.63) is 87.0 Å². The summed E-state index contributed by atoms with van der Waals surface area (Å²) in [6.45, 7) is 0. The standard InChI is InChI=1S/C18H14ClN3OS/c1-21-15-7-6-12(10-16(15)24-18(21)23)17(22-9-8-20-11-22)13-4-2-3-5-14(13)19/h2-11,17H,1H3. The second-order valence-corrected chi connectivity index (χ2v) is 6.99. The van der Waals surface area contributed by atoms with Gasteiger partial charge >= 0.3 is 4.87 Å². The highest BCUT2D eigenvalue weighted by molar-refractivity contribution is 7.16. The highest BCUT2D eigenvalue weighted by Crippen LogP contribution is 2.33. The van der Waals surface area contributed by atoms with Crippen LogP contribution in [0.25, 0.3) is 10.2 Å². The number of aryl methyl sites for hydroxylation is 1. The monoisotopic (exact) mass is 355 g/mol. The first-order valence-corrected chi connectivity index (χ1v) is 8.66. The molecular formula is C18H14ClN3OS. The van der Waals surface area contributed by atoms with Crippen molar-refractivity contribution >= 4 is 33.2 Å². The van der Waals surface area contributed by atoms with Crippen LogP contribution in [0.2, 0.25) is 5.02 Å². The highest BCUT2D eigenvalue weighted by Gasteiger charge is 2.19. The maximum absolute atomic E-state index is 11.9. The van der Waals surface area contributed by atoms with Crippen LogP contribution in [0, 0.1) is 0 Å². The van der Waals surface area contributed by atoms with E-state index in [0.29, 0.717) is 5.02 Å². The van der Waals surface area contributed by atoms with Gasteiger partial charge in [-0.3, -0.25) is 4.79 Å². The number of halogens is 1. The molecule has 4 nitrogen and oxygen atoms in total. The molecule has 0 aliphatic heterocycles. The molecule has 0 fully saturated rings. The van der Waals surface area contributed by atoms with E-state index in [4.69, 9.17) is 11.6 Å². The van der Waals surface area contributed by atoms with Gasteiger partial charge in [0.1, 0.15) is 0 Å². The zero-order valence-corrected chi connectivity index (χ0v) is 14.5. The van der Waals surface area contributed by atoms with Crippen molar-refractivity contribution in [2.45, 2.75) is 6.04 Å². The molecule has 6 heteroatoms. The lowest BCUT2D eigenvalue weighted by atomic mass is 9.98. The summed E-state index contributed by atoms with van der Waals surface area (Å²) in [5.41, 5.74) is 3.01. The Balaban J connectivity index is 1.94. The third-order valence-electron chi connectivity index (χ3n) is 4.15. The predicted octanol–water partition coefficient (Wildman–Crippen LogP) is 4.09. The van der Waals surface area contributed by atoms with Gasteiger partial charge in [0.2, 0.25) is 0 Å². The Morgan fingerprint density at radius 1 is 1.21 bits per heavy atom. The van der Waals surface area contributed by atoms with Crippen LogP contribution < -0.4 is 4.87 Å². The molecule has 0 aliphatic rings. The Kier molecular flexibility index (Phi) is 3.75. The Labute approximate surface area is 147 Å². The Morgan fingerprint density at radius 3 is 2.79 bits per heavy atom. The zero-order valence-electron chi connectivity index (χ0n) is 12.9.